The van der Waals surface area contributed by atoms with Gasteiger partial charge in [0.2, 0.25) is 0 Å². The zero-order valence-electron chi connectivity index (χ0n) is 22.0. The van der Waals surface area contributed by atoms with E-state index in [1.165, 1.54) is 50.9 Å². The van der Waals surface area contributed by atoms with Crippen molar-refractivity contribution in [3.8, 4) is 16.2 Å². The summed E-state index contributed by atoms with van der Waals surface area (Å²) in [5.74, 6) is 0.497. The van der Waals surface area contributed by atoms with Crippen LogP contribution in [0.2, 0.25) is 0 Å². The Kier molecular flexibility index (Phi) is 9.56. The molecular weight excluding hydrogens is 452 g/mol. The Morgan fingerprint density at radius 2 is 1.83 bits per heavy atom. The van der Waals surface area contributed by atoms with E-state index in [1.54, 1.807) is 6.92 Å². The molecule has 0 amide bonds. The van der Waals surface area contributed by atoms with E-state index in [2.05, 4.69) is 70.7 Å². The number of esters is 1. The first-order chi connectivity index (χ1) is 16.8. The minimum atomic E-state index is -0.349. The van der Waals surface area contributed by atoms with E-state index in [1.807, 2.05) is 17.4 Å². The molecule has 4 heteroatoms. The quantitative estimate of drug-likeness (QED) is 0.136. The summed E-state index contributed by atoms with van der Waals surface area (Å²) in [6.45, 7) is 14.8. The van der Waals surface area contributed by atoms with Gasteiger partial charge in [-0.3, -0.25) is 0 Å². The van der Waals surface area contributed by atoms with Crippen molar-refractivity contribution in [1.82, 2.24) is 0 Å². The summed E-state index contributed by atoms with van der Waals surface area (Å²) in [4.78, 5) is 13.1. The van der Waals surface area contributed by atoms with Gasteiger partial charge < -0.3 is 9.47 Å². The lowest BCUT2D eigenvalue weighted by molar-refractivity contribution is -0.143. The zero-order chi connectivity index (χ0) is 25.4. The molecule has 0 aliphatic rings. The number of benzene rings is 2. The first-order valence-corrected chi connectivity index (χ1v) is 13.7. The molecule has 1 aromatic heterocycles. The Morgan fingerprint density at radius 3 is 2.51 bits per heavy atom. The van der Waals surface area contributed by atoms with Crippen LogP contribution in [-0.2, 0) is 22.4 Å². The molecule has 0 bridgehead atoms. The Hall–Kier alpha value is -2.59. The van der Waals surface area contributed by atoms with Gasteiger partial charge in [0.15, 0.2) is 0 Å². The van der Waals surface area contributed by atoms with Gasteiger partial charge >= 0.3 is 5.97 Å². The summed E-state index contributed by atoms with van der Waals surface area (Å²) in [5, 5.41) is 1.24. The van der Waals surface area contributed by atoms with Crippen molar-refractivity contribution in [3.05, 3.63) is 65.7 Å². The fourth-order valence-corrected chi connectivity index (χ4v) is 5.17. The van der Waals surface area contributed by atoms with Crippen molar-refractivity contribution in [3.63, 3.8) is 0 Å². The second-order valence-electron chi connectivity index (χ2n) is 9.92. The smallest absolute Gasteiger partial charge is 0.333 e. The summed E-state index contributed by atoms with van der Waals surface area (Å²) in [6, 6.07) is 15.6. The molecule has 35 heavy (non-hydrogen) atoms. The van der Waals surface area contributed by atoms with Gasteiger partial charge in [-0.15, -0.1) is 11.3 Å². The van der Waals surface area contributed by atoms with E-state index >= 15 is 0 Å². The van der Waals surface area contributed by atoms with Crippen molar-refractivity contribution >= 4 is 27.4 Å². The number of aryl methyl sites for hydroxylation is 2. The van der Waals surface area contributed by atoms with Gasteiger partial charge in [-0.05, 0) is 78.9 Å². The van der Waals surface area contributed by atoms with Gasteiger partial charge in [0.1, 0.15) is 12.4 Å². The third-order valence-corrected chi connectivity index (χ3v) is 7.85. The summed E-state index contributed by atoms with van der Waals surface area (Å²) < 4.78 is 12.8. The highest BCUT2D eigenvalue weighted by molar-refractivity contribution is 7.22. The highest BCUT2D eigenvalue weighted by Gasteiger charge is 2.26. The van der Waals surface area contributed by atoms with Crippen molar-refractivity contribution in [2.24, 2.45) is 5.41 Å². The monoisotopic (exact) mass is 492 g/mol. The molecule has 188 valence electrons. The second-order valence-corrected chi connectivity index (χ2v) is 11.0. The van der Waals surface area contributed by atoms with Crippen molar-refractivity contribution in [1.29, 1.82) is 0 Å². The molecule has 0 radical (unpaired) electrons. The lowest BCUT2D eigenvalue weighted by atomic mass is 9.90. The first kappa shape index (κ1) is 27.0. The summed E-state index contributed by atoms with van der Waals surface area (Å²) in [7, 11) is 0. The van der Waals surface area contributed by atoms with Gasteiger partial charge in [0.05, 0.1) is 6.61 Å². The molecule has 1 unspecified atom stereocenters. The van der Waals surface area contributed by atoms with Crippen LogP contribution < -0.4 is 4.74 Å². The number of ether oxygens (including phenoxy) is 2. The van der Waals surface area contributed by atoms with Gasteiger partial charge in [0.25, 0.3) is 0 Å². The number of carbonyl (C=O) groups is 1. The molecule has 0 aliphatic heterocycles. The van der Waals surface area contributed by atoms with E-state index in [4.69, 9.17) is 9.47 Å². The molecule has 0 aliphatic carbocycles. The topological polar surface area (TPSA) is 35.5 Å². The molecule has 0 spiro atoms. The normalized spacial score (nSPS) is 12.9. The Labute approximate surface area is 215 Å². The van der Waals surface area contributed by atoms with Crippen LogP contribution in [0.4, 0.5) is 0 Å². The molecule has 0 saturated heterocycles. The number of hydrogen-bond acceptors (Lipinski definition) is 4. The fraction of sp³-hybridized carbons (Fsp3) is 0.452. The van der Waals surface area contributed by atoms with E-state index in [0.29, 0.717) is 18.8 Å². The number of carbonyl (C=O) groups excluding carboxylic acids is 1. The molecule has 1 heterocycles. The van der Waals surface area contributed by atoms with Crippen LogP contribution in [0.3, 0.4) is 0 Å². The lowest BCUT2D eigenvalue weighted by Gasteiger charge is -2.27. The SMILES string of the molecule is C=C(C)C(=O)OCC(C)(CC)COc1ccc2cc(-c3ccc(CCCCC)cc3CC)sc2c1. The van der Waals surface area contributed by atoms with Crippen molar-refractivity contribution < 1.29 is 14.3 Å². The minimum absolute atomic E-state index is 0.254. The average molecular weight is 493 g/mol. The van der Waals surface area contributed by atoms with E-state index in [9.17, 15) is 4.79 Å². The summed E-state index contributed by atoms with van der Waals surface area (Å²) in [5.41, 5.74) is 4.37. The molecule has 3 rings (SSSR count). The van der Waals surface area contributed by atoms with Crippen LogP contribution in [0.5, 0.6) is 5.75 Å². The summed E-state index contributed by atoms with van der Waals surface area (Å²) in [6.07, 6.45) is 6.85. The van der Waals surface area contributed by atoms with Gasteiger partial charge in [-0.25, -0.2) is 4.79 Å². The molecule has 3 aromatic rings. The summed E-state index contributed by atoms with van der Waals surface area (Å²) >= 11 is 1.82. The Balaban J connectivity index is 1.73. The van der Waals surface area contributed by atoms with Crippen LogP contribution in [0.25, 0.3) is 20.5 Å². The Bertz CT molecular complexity index is 1160. The number of thiophene rings is 1. The number of unbranched alkanes of at least 4 members (excludes halogenated alkanes) is 2. The number of hydrogen-bond donors (Lipinski definition) is 0. The van der Waals surface area contributed by atoms with E-state index < -0.39 is 0 Å². The largest absolute Gasteiger partial charge is 0.493 e. The van der Waals surface area contributed by atoms with Crippen LogP contribution in [0, 0.1) is 5.41 Å². The molecular formula is C31H40O3S. The zero-order valence-corrected chi connectivity index (χ0v) is 22.9. The van der Waals surface area contributed by atoms with Gasteiger partial charge in [-0.2, -0.15) is 0 Å². The first-order valence-electron chi connectivity index (χ1n) is 12.9. The third-order valence-electron chi connectivity index (χ3n) is 6.72. The molecule has 0 N–H and O–H groups in total. The highest BCUT2D eigenvalue weighted by Crippen LogP contribution is 2.38. The third kappa shape index (κ3) is 7.20. The van der Waals surface area contributed by atoms with Crippen LogP contribution in [-0.4, -0.2) is 19.2 Å². The second kappa shape index (κ2) is 12.4. The van der Waals surface area contributed by atoms with Gasteiger partial charge in [-0.1, -0.05) is 65.3 Å². The standard InChI is InChI=1S/C31H40O3S/c1-7-10-11-12-23-13-16-27(24(8-2)17-23)29-18-25-14-15-26(19-28(25)35-29)33-20-31(6,9-3)21-34-30(32)22(4)5/h13-19H,4,7-12,20-21H2,1-3,5-6H3. The maximum absolute atomic E-state index is 11.8. The molecule has 3 nitrogen and oxygen atoms in total. The molecule has 2 aromatic carbocycles. The predicted molar refractivity (Wildman–Crippen MR) is 150 cm³/mol. The Morgan fingerprint density at radius 1 is 1.03 bits per heavy atom. The van der Waals surface area contributed by atoms with Crippen molar-refractivity contribution in [2.45, 2.75) is 73.1 Å². The molecule has 0 saturated carbocycles. The number of rotatable bonds is 13. The van der Waals surface area contributed by atoms with Crippen LogP contribution in [0.1, 0.15) is 71.4 Å². The maximum atomic E-state index is 11.8. The van der Waals surface area contributed by atoms with E-state index in [-0.39, 0.29) is 11.4 Å². The molecule has 0 fully saturated rings. The van der Waals surface area contributed by atoms with Crippen LogP contribution in [0.15, 0.2) is 54.6 Å². The fourth-order valence-electron chi connectivity index (χ4n) is 4.01. The lowest BCUT2D eigenvalue weighted by Crippen LogP contribution is -2.31. The predicted octanol–water partition coefficient (Wildman–Crippen LogP) is 8.78. The average Bonchev–Trinajstić information content (AvgIpc) is 3.29. The minimum Gasteiger partial charge on any atom is -0.493 e. The highest BCUT2D eigenvalue weighted by atomic mass is 32.1. The molecule has 1 atom stereocenters. The van der Waals surface area contributed by atoms with E-state index in [0.717, 1.165) is 25.0 Å². The maximum Gasteiger partial charge on any atom is 0.333 e. The van der Waals surface area contributed by atoms with Crippen LogP contribution >= 0.6 is 11.3 Å². The van der Waals surface area contributed by atoms with Gasteiger partial charge in [0, 0.05) is 20.6 Å². The van der Waals surface area contributed by atoms with Crippen molar-refractivity contribution in [2.75, 3.05) is 13.2 Å². The number of fused-ring (bicyclic) bond motifs is 1.